The average molecular weight is 451 g/mol. The van der Waals surface area contributed by atoms with Crippen molar-refractivity contribution in [2.45, 2.75) is 45.0 Å². The molecular formula is C24H26N4O3S. The van der Waals surface area contributed by atoms with Gasteiger partial charge in [-0.1, -0.05) is 36.7 Å². The summed E-state index contributed by atoms with van der Waals surface area (Å²) in [5, 5.41) is 9.37. The van der Waals surface area contributed by atoms with Crippen LogP contribution in [0, 0.1) is 6.92 Å². The highest BCUT2D eigenvalue weighted by Gasteiger charge is 2.34. The Morgan fingerprint density at radius 3 is 2.66 bits per heavy atom. The number of hydrogen-bond donors (Lipinski definition) is 0. The average Bonchev–Trinajstić information content (AvgIpc) is 2.93. The number of unbranched alkanes of at least 4 members (excludes halogenated alkanes) is 1. The molecule has 32 heavy (non-hydrogen) atoms. The van der Waals surface area contributed by atoms with Crippen LogP contribution in [0.25, 0.3) is 11.3 Å². The van der Waals surface area contributed by atoms with E-state index < -0.39 is 6.23 Å². The van der Waals surface area contributed by atoms with Crippen LogP contribution in [0.15, 0.2) is 47.6 Å². The van der Waals surface area contributed by atoms with Crippen LogP contribution in [0.3, 0.4) is 0 Å². The van der Waals surface area contributed by atoms with Crippen LogP contribution in [-0.2, 0) is 4.79 Å². The van der Waals surface area contributed by atoms with Gasteiger partial charge in [0.2, 0.25) is 23.2 Å². The number of anilines is 1. The van der Waals surface area contributed by atoms with Crippen LogP contribution in [0.4, 0.5) is 5.69 Å². The first-order valence-electron chi connectivity index (χ1n) is 10.6. The molecule has 1 aromatic heterocycles. The number of aromatic nitrogens is 3. The number of hydrogen-bond acceptors (Lipinski definition) is 7. The monoisotopic (exact) mass is 450 g/mol. The molecule has 0 spiro atoms. The lowest BCUT2D eigenvalue weighted by Crippen LogP contribution is -2.36. The summed E-state index contributed by atoms with van der Waals surface area (Å²) in [7, 11) is 1.62. The third-order valence-corrected chi connectivity index (χ3v) is 6.15. The van der Waals surface area contributed by atoms with Crippen LogP contribution < -0.4 is 14.4 Å². The molecule has 0 fully saturated rings. The second kappa shape index (κ2) is 9.56. The van der Waals surface area contributed by atoms with Crippen molar-refractivity contribution >= 4 is 23.4 Å². The molecule has 1 atom stereocenters. The number of amides is 1. The van der Waals surface area contributed by atoms with Crippen LogP contribution in [0.5, 0.6) is 11.6 Å². The van der Waals surface area contributed by atoms with E-state index in [-0.39, 0.29) is 5.91 Å². The first-order valence-corrected chi connectivity index (χ1v) is 11.6. The number of benzene rings is 2. The fraction of sp³-hybridized carbons (Fsp3) is 0.333. The van der Waals surface area contributed by atoms with Gasteiger partial charge in [0.1, 0.15) is 5.75 Å². The quantitative estimate of drug-likeness (QED) is 0.378. The lowest BCUT2D eigenvalue weighted by molar-refractivity contribution is -0.118. The first-order chi connectivity index (χ1) is 15.5. The molecule has 0 N–H and O–H groups in total. The standard InChI is InChI=1S/C24H26N4O3S/c1-5-6-13-32-24-25-22-21(26-27-24)19-14-15(2)7-12-20(19)28(16(3)29)23(31-22)17-8-10-18(30-4)11-9-17/h7-12,14,23H,5-6,13H2,1-4H3. The van der Waals surface area contributed by atoms with Gasteiger partial charge >= 0.3 is 0 Å². The van der Waals surface area contributed by atoms with E-state index in [1.807, 2.05) is 49.4 Å². The molecule has 166 valence electrons. The maximum Gasteiger partial charge on any atom is 0.247 e. The van der Waals surface area contributed by atoms with Crippen molar-refractivity contribution < 1.29 is 14.3 Å². The van der Waals surface area contributed by atoms with Gasteiger partial charge in [-0.25, -0.2) is 0 Å². The van der Waals surface area contributed by atoms with E-state index in [0.29, 0.717) is 22.4 Å². The molecule has 1 unspecified atom stereocenters. The lowest BCUT2D eigenvalue weighted by atomic mass is 10.0. The van der Waals surface area contributed by atoms with Gasteiger partial charge in [-0.15, -0.1) is 10.2 Å². The van der Waals surface area contributed by atoms with Crippen molar-refractivity contribution in [2.75, 3.05) is 17.8 Å². The number of ether oxygens (including phenoxy) is 2. The predicted molar refractivity (Wildman–Crippen MR) is 125 cm³/mol. The fourth-order valence-electron chi connectivity index (χ4n) is 3.57. The molecule has 0 radical (unpaired) electrons. The third kappa shape index (κ3) is 4.41. The molecule has 1 aliphatic rings. The molecule has 3 aromatic rings. The van der Waals surface area contributed by atoms with Gasteiger partial charge in [0.15, 0.2) is 5.69 Å². The summed E-state index contributed by atoms with van der Waals surface area (Å²) in [6.07, 6.45) is 1.47. The minimum atomic E-state index is -0.702. The summed E-state index contributed by atoms with van der Waals surface area (Å²) in [5.41, 5.74) is 3.87. The molecule has 1 aliphatic heterocycles. The summed E-state index contributed by atoms with van der Waals surface area (Å²) in [5.74, 6) is 1.87. The largest absolute Gasteiger partial charge is 0.497 e. The Hall–Kier alpha value is -3.13. The molecule has 0 aliphatic carbocycles. The maximum atomic E-state index is 12.9. The summed E-state index contributed by atoms with van der Waals surface area (Å²) in [6, 6.07) is 13.4. The molecule has 1 amide bonds. The van der Waals surface area contributed by atoms with E-state index in [2.05, 4.69) is 22.1 Å². The van der Waals surface area contributed by atoms with E-state index in [4.69, 9.17) is 9.47 Å². The van der Waals surface area contributed by atoms with Gasteiger partial charge in [0, 0.05) is 23.8 Å². The van der Waals surface area contributed by atoms with Gasteiger partial charge in [-0.2, -0.15) is 4.98 Å². The second-order valence-electron chi connectivity index (χ2n) is 7.60. The van der Waals surface area contributed by atoms with Crippen molar-refractivity contribution in [3.05, 3.63) is 53.6 Å². The van der Waals surface area contributed by atoms with E-state index in [0.717, 1.165) is 41.0 Å². The van der Waals surface area contributed by atoms with Crippen molar-refractivity contribution in [2.24, 2.45) is 0 Å². The molecule has 0 saturated carbocycles. The Morgan fingerprint density at radius 2 is 1.97 bits per heavy atom. The molecule has 2 aromatic carbocycles. The van der Waals surface area contributed by atoms with Crippen molar-refractivity contribution in [1.82, 2.24) is 15.2 Å². The Balaban J connectivity index is 1.86. The van der Waals surface area contributed by atoms with Crippen molar-refractivity contribution in [3.63, 3.8) is 0 Å². The molecular weight excluding hydrogens is 424 g/mol. The Bertz CT molecular complexity index is 1120. The van der Waals surface area contributed by atoms with E-state index in [1.165, 1.54) is 6.92 Å². The van der Waals surface area contributed by atoms with Crippen molar-refractivity contribution in [3.8, 4) is 22.9 Å². The molecule has 0 saturated heterocycles. The zero-order valence-electron chi connectivity index (χ0n) is 18.7. The number of fused-ring (bicyclic) bond motifs is 3. The third-order valence-electron chi connectivity index (χ3n) is 5.23. The van der Waals surface area contributed by atoms with Crippen molar-refractivity contribution in [1.29, 1.82) is 0 Å². The summed E-state index contributed by atoms with van der Waals surface area (Å²) < 4.78 is 11.7. The molecule has 0 bridgehead atoms. The smallest absolute Gasteiger partial charge is 0.247 e. The molecule has 2 heterocycles. The molecule has 8 heteroatoms. The SMILES string of the molecule is CCCCSc1nnc2c(n1)OC(c1ccc(OC)cc1)N(C(C)=O)c1ccc(C)cc1-2. The predicted octanol–water partition coefficient (Wildman–Crippen LogP) is 5.19. The Labute approximate surface area is 192 Å². The zero-order valence-corrected chi connectivity index (χ0v) is 19.5. The van der Waals surface area contributed by atoms with E-state index in [9.17, 15) is 4.79 Å². The van der Waals surface area contributed by atoms with Crippen LogP contribution in [0.1, 0.15) is 44.0 Å². The summed E-state index contributed by atoms with van der Waals surface area (Å²) in [6.45, 7) is 5.68. The number of aryl methyl sites for hydroxylation is 1. The molecule has 7 nitrogen and oxygen atoms in total. The van der Waals surface area contributed by atoms with Gasteiger partial charge in [-0.05, 0) is 49.7 Å². The number of carbonyl (C=O) groups excluding carboxylic acids is 1. The zero-order chi connectivity index (χ0) is 22.7. The minimum Gasteiger partial charge on any atom is -0.497 e. The summed E-state index contributed by atoms with van der Waals surface area (Å²) in [4.78, 5) is 19.2. The van der Waals surface area contributed by atoms with Gasteiger partial charge in [0.05, 0.1) is 12.8 Å². The minimum absolute atomic E-state index is 0.144. The van der Waals surface area contributed by atoms with E-state index >= 15 is 0 Å². The van der Waals surface area contributed by atoms with Gasteiger partial charge in [-0.3, -0.25) is 9.69 Å². The Kier molecular flexibility index (Phi) is 6.60. The number of methoxy groups -OCH3 is 1. The highest BCUT2D eigenvalue weighted by Crippen LogP contribution is 2.44. The number of rotatable bonds is 6. The summed E-state index contributed by atoms with van der Waals surface area (Å²) >= 11 is 1.56. The van der Waals surface area contributed by atoms with Crippen LogP contribution >= 0.6 is 11.8 Å². The number of nitrogens with zero attached hydrogens (tertiary/aromatic N) is 4. The Morgan fingerprint density at radius 1 is 1.19 bits per heavy atom. The highest BCUT2D eigenvalue weighted by atomic mass is 32.2. The fourth-order valence-corrected chi connectivity index (χ4v) is 4.43. The maximum absolute atomic E-state index is 12.9. The second-order valence-corrected chi connectivity index (χ2v) is 8.67. The van der Waals surface area contributed by atoms with Crippen LogP contribution in [0.2, 0.25) is 0 Å². The first kappa shape index (κ1) is 22.1. The topological polar surface area (TPSA) is 77.4 Å². The van der Waals surface area contributed by atoms with Gasteiger partial charge in [0.25, 0.3) is 0 Å². The number of carbonyl (C=O) groups is 1. The highest BCUT2D eigenvalue weighted by molar-refractivity contribution is 7.99. The lowest BCUT2D eigenvalue weighted by Gasteiger charge is -2.30. The normalized spacial score (nSPS) is 14.8. The van der Waals surface area contributed by atoms with Crippen LogP contribution in [-0.4, -0.2) is 34.0 Å². The molecule has 4 rings (SSSR count). The van der Waals surface area contributed by atoms with Gasteiger partial charge < -0.3 is 9.47 Å². The van der Waals surface area contributed by atoms with E-state index in [1.54, 1.807) is 23.8 Å². The number of thioether (sulfide) groups is 1.